The molecule has 0 amide bonds. The number of hydrogen-bond acceptors (Lipinski definition) is 3. The highest BCUT2D eigenvalue weighted by Gasteiger charge is 2.42. The lowest BCUT2D eigenvalue weighted by molar-refractivity contribution is -0.0474. The second kappa shape index (κ2) is 6.40. The van der Waals surface area contributed by atoms with Crippen LogP contribution in [-0.2, 0) is 4.74 Å². The molecule has 1 aliphatic rings. The lowest BCUT2D eigenvalue weighted by Gasteiger charge is -2.37. The Labute approximate surface area is 121 Å². The molecular formula is C17H24O3. The van der Waals surface area contributed by atoms with Gasteiger partial charge < -0.3 is 9.47 Å². The van der Waals surface area contributed by atoms with Crippen molar-refractivity contribution in [3.05, 3.63) is 29.8 Å². The minimum absolute atomic E-state index is 0.119. The summed E-state index contributed by atoms with van der Waals surface area (Å²) in [6.45, 7) is 4.78. The average molecular weight is 276 g/mol. The van der Waals surface area contributed by atoms with E-state index >= 15 is 0 Å². The van der Waals surface area contributed by atoms with Crippen molar-refractivity contribution in [2.75, 3.05) is 13.7 Å². The van der Waals surface area contributed by atoms with E-state index in [0.717, 1.165) is 31.4 Å². The van der Waals surface area contributed by atoms with Crippen LogP contribution in [0, 0.1) is 5.92 Å². The summed E-state index contributed by atoms with van der Waals surface area (Å²) in [6, 6.07) is 7.33. The van der Waals surface area contributed by atoms with Crippen LogP contribution in [-0.4, -0.2) is 25.1 Å². The molecule has 1 aromatic carbocycles. The predicted octanol–water partition coefficient (Wildman–Crippen LogP) is 3.86. The topological polar surface area (TPSA) is 35.5 Å². The van der Waals surface area contributed by atoms with Crippen LogP contribution in [0.15, 0.2) is 24.3 Å². The van der Waals surface area contributed by atoms with Gasteiger partial charge in [0, 0.05) is 12.2 Å². The molecule has 0 atom stereocenters. The number of ketones is 1. The number of carbonyl (C=O) groups is 1. The van der Waals surface area contributed by atoms with Crippen molar-refractivity contribution in [2.24, 2.45) is 5.92 Å². The first-order valence-electron chi connectivity index (χ1n) is 7.44. The van der Waals surface area contributed by atoms with Gasteiger partial charge in [-0.1, -0.05) is 6.92 Å². The maximum absolute atomic E-state index is 12.9. The number of methoxy groups -OCH3 is 1. The smallest absolute Gasteiger partial charge is 0.194 e. The van der Waals surface area contributed by atoms with Crippen molar-refractivity contribution in [2.45, 2.75) is 45.1 Å². The summed E-state index contributed by atoms with van der Waals surface area (Å²) in [7, 11) is 1.63. The number of rotatable bonds is 5. The van der Waals surface area contributed by atoms with Crippen LogP contribution in [0.4, 0.5) is 0 Å². The third-order valence-electron chi connectivity index (χ3n) is 4.27. The second-order valence-electron chi connectivity index (χ2n) is 5.67. The number of ether oxygens (including phenoxy) is 2. The fourth-order valence-corrected chi connectivity index (χ4v) is 2.95. The molecule has 0 aromatic heterocycles. The van der Waals surface area contributed by atoms with E-state index in [-0.39, 0.29) is 5.78 Å². The Bertz CT molecular complexity index is 442. The molecular weight excluding hydrogens is 252 g/mol. The fraction of sp³-hybridized carbons (Fsp3) is 0.588. The molecule has 1 saturated carbocycles. The van der Waals surface area contributed by atoms with E-state index in [1.54, 1.807) is 7.11 Å². The Balaban J connectivity index is 2.21. The molecule has 2 rings (SSSR count). The zero-order valence-electron chi connectivity index (χ0n) is 12.6. The summed E-state index contributed by atoms with van der Waals surface area (Å²) in [4.78, 5) is 12.9. The van der Waals surface area contributed by atoms with Crippen LogP contribution in [0.3, 0.4) is 0 Å². The highest BCUT2D eigenvalue weighted by Crippen LogP contribution is 2.37. The molecule has 3 nitrogen and oxygen atoms in total. The molecule has 0 saturated heterocycles. The zero-order chi connectivity index (χ0) is 14.6. The number of benzene rings is 1. The van der Waals surface area contributed by atoms with Gasteiger partial charge in [0.25, 0.3) is 0 Å². The van der Waals surface area contributed by atoms with Gasteiger partial charge in [-0.3, -0.25) is 4.79 Å². The quantitative estimate of drug-likeness (QED) is 0.766. The molecule has 20 heavy (non-hydrogen) atoms. The van der Waals surface area contributed by atoms with Crippen LogP contribution >= 0.6 is 0 Å². The van der Waals surface area contributed by atoms with Gasteiger partial charge in [0.1, 0.15) is 11.4 Å². The molecule has 110 valence electrons. The molecule has 0 aliphatic heterocycles. The lowest BCUT2D eigenvalue weighted by atomic mass is 9.75. The molecule has 0 heterocycles. The van der Waals surface area contributed by atoms with E-state index in [4.69, 9.17) is 9.47 Å². The van der Waals surface area contributed by atoms with E-state index in [1.165, 1.54) is 0 Å². The molecule has 0 unspecified atom stereocenters. The first-order valence-corrected chi connectivity index (χ1v) is 7.44. The van der Waals surface area contributed by atoms with Crippen LogP contribution in [0.25, 0.3) is 0 Å². The molecule has 1 aromatic rings. The van der Waals surface area contributed by atoms with Crippen LogP contribution < -0.4 is 4.74 Å². The largest absolute Gasteiger partial charge is 0.497 e. The molecule has 3 heteroatoms. The first kappa shape index (κ1) is 15.0. The van der Waals surface area contributed by atoms with Crippen LogP contribution in [0.1, 0.15) is 49.9 Å². The number of hydrogen-bond donors (Lipinski definition) is 0. The van der Waals surface area contributed by atoms with Crippen molar-refractivity contribution in [3.63, 3.8) is 0 Å². The molecule has 0 radical (unpaired) electrons. The van der Waals surface area contributed by atoms with Gasteiger partial charge >= 0.3 is 0 Å². The number of Topliss-reactive ketones (excluding diaryl/α,β-unsaturated/α-hetero) is 1. The monoisotopic (exact) mass is 276 g/mol. The van der Waals surface area contributed by atoms with Crippen molar-refractivity contribution < 1.29 is 14.3 Å². The summed E-state index contributed by atoms with van der Waals surface area (Å²) < 4.78 is 11.0. The fourth-order valence-electron chi connectivity index (χ4n) is 2.95. The molecule has 1 fully saturated rings. The summed E-state index contributed by atoms with van der Waals surface area (Å²) in [5.74, 6) is 1.57. The average Bonchev–Trinajstić information content (AvgIpc) is 2.49. The Morgan fingerprint density at radius 1 is 1.25 bits per heavy atom. The van der Waals surface area contributed by atoms with E-state index in [2.05, 4.69) is 6.92 Å². The molecule has 1 aliphatic carbocycles. The summed E-state index contributed by atoms with van der Waals surface area (Å²) >= 11 is 0. The summed E-state index contributed by atoms with van der Waals surface area (Å²) in [6.07, 6.45) is 3.77. The minimum atomic E-state index is -0.615. The molecule has 0 spiro atoms. The summed E-state index contributed by atoms with van der Waals surface area (Å²) in [5, 5.41) is 0. The van der Waals surface area contributed by atoms with Gasteiger partial charge in [0.15, 0.2) is 5.78 Å². The third-order valence-corrected chi connectivity index (χ3v) is 4.27. The van der Waals surface area contributed by atoms with Crippen molar-refractivity contribution in [1.29, 1.82) is 0 Å². The Morgan fingerprint density at radius 3 is 2.35 bits per heavy atom. The van der Waals surface area contributed by atoms with Crippen LogP contribution in [0.5, 0.6) is 5.75 Å². The Morgan fingerprint density at radius 2 is 1.85 bits per heavy atom. The van der Waals surface area contributed by atoms with Gasteiger partial charge in [-0.05, 0) is 62.8 Å². The van der Waals surface area contributed by atoms with E-state index in [9.17, 15) is 4.79 Å². The second-order valence-corrected chi connectivity index (χ2v) is 5.67. The van der Waals surface area contributed by atoms with Crippen molar-refractivity contribution in [3.8, 4) is 5.75 Å². The van der Waals surface area contributed by atoms with Gasteiger partial charge in [-0.15, -0.1) is 0 Å². The molecule has 0 N–H and O–H groups in total. The van der Waals surface area contributed by atoms with Gasteiger partial charge in [0.2, 0.25) is 0 Å². The standard InChI is InChI=1S/C17H24O3/c1-4-20-17(11-9-13(2)10-12-17)16(18)14-5-7-15(19-3)8-6-14/h5-8,13H,4,9-12H2,1-3H3. The Hall–Kier alpha value is -1.35. The normalized spacial score (nSPS) is 26.2. The van der Waals surface area contributed by atoms with Gasteiger partial charge in [-0.25, -0.2) is 0 Å². The zero-order valence-corrected chi connectivity index (χ0v) is 12.6. The first-order chi connectivity index (χ1) is 9.61. The van der Waals surface area contributed by atoms with E-state index in [1.807, 2.05) is 31.2 Å². The third kappa shape index (κ3) is 3.04. The minimum Gasteiger partial charge on any atom is -0.497 e. The maximum Gasteiger partial charge on any atom is 0.194 e. The number of carbonyl (C=O) groups excluding carboxylic acids is 1. The highest BCUT2D eigenvalue weighted by atomic mass is 16.5. The maximum atomic E-state index is 12.9. The predicted molar refractivity (Wildman–Crippen MR) is 79.3 cm³/mol. The van der Waals surface area contributed by atoms with Crippen molar-refractivity contribution >= 4 is 5.78 Å². The van der Waals surface area contributed by atoms with Crippen molar-refractivity contribution in [1.82, 2.24) is 0 Å². The van der Waals surface area contributed by atoms with E-state index < -0.39 is 5.60 Å². The van der Waals surface area contributed by atoms with Crippen LogP contribution in [0.2, 0.25) is 0 Å². The summed E-state index contributed by atoms with van der Waals surface area (Å²) in [5.41, 5.74) is 0.101. The lowest BCUT2D eigenvalue weighted by Crippen LogP contribution is -2.44. The van der Waals surface area contributed by atoms with Gasteiger partial charge in [-0.2, -0.15) is 0 Å². The molecule has 0 bridgehead atoms. The Kier molecular flexibility index (Phi) is 4.81. The van der Waals surface area contributed by atoms with Gasteiger partial charge in [0.05, 0.1) is 7.11 Å². The SMILES string of the molecule is CCOC1(C(=O)c2ccc(OC)cc2)CCC(C)CC1. The van der Waals surface area contributed by atoms with E-state index in [0.29, 0.717) is 18.1 Å². The highest BCUT2D eigenvalue weighted by molar-refractivity contribution is 6.02.